The summed E-state index contributed by atoms with van der Waals surface area (Å²) in [7, 11) is 1.72. The van der Waals surface area contributed by atoms with E-state index in [4.69, 9.17) is 4.57 Å². The van der Waals surface area contributed by atoms with E-state index < -0.39 is 0 Å². The second-order valence-electron chi connectivity index (χ2n) is 2.52. The summed E-state index contributed by atoms with van der Waals surface area (Å²) in [5.74, 6) is 0. The van der Waals surface area contributed by atoms with Crippen LogP contribution in [0.2, 0.25) is 0 Å². The molecule has 0 saturated heterocycles. The Hall–Kier alpha value is -0.680. The minimum atomic E-state index is 1.38. The van der Waals surface area contributed by atoms with Gasteiger partial charge in [0, 0.05) is 0 Å². The number of aryl methyl sites for hydroxylation is 2. The minimum Gasteiger partial charge on any atom is -0.279 e. The van der Waals surface area contributed by atoms with Crippen molar-refractivity contribution in [2.45, 2.75) is 20.8 Å². The summed E-state index contributed by atoms with van der Waals surface area (Å²) in [6.07, 6.45) is 0. The van der Waals surface area contributed by atoms with Crippen LogP contribution >= 0.6 is 9.12 Å². The average molecular weight is 168 g/mol. The highest BCUT2D eigenvalue weighted by Gasteiger charge is 1.91. The summed E-state index contributed by atoms with van der Waals surface area (Å²) >= 11 is 0. The van der Waals surface area contributed by atoms with E-state index in [9.17, 15) is 0 Å². The zero-order valence-electron chi connectivity index (χ0n) is 7.14. The van der Waals surface area contributed by atoms with Gasteiger partial charge >= 0.3 is 0 Å². The first-order valence-corrected chi connectivity index (χ1v) is 3.86. The smallest absolute Gasteiger partial charge is 0.138 e. The monoisotopic (exact) mass is 168 g/mol. The SMILES string of the molecule is Cc1cccc(C)c1C.O=P. The molecule has 0 amide bonds. The van der Waals surface area contributed by atoms with Gasteiger partial charge in [0.15, 0.2) is 0 Å². The molecule has 1 aromatic carbocycles. The van der Waals surface area contributed by atoms with Crippen molar-refractivity contribution in [1.29, 1.82) is 0 Å². The van der Waals surface area contributed by atoms with E-state index >= 15 is 0 Å². The highest BCUT2D eigenvalue weighted by molar-refractivity contribution is 7.00. The Bertz CT molecular complexity index is 213. The Morgan fingerprint density at radius 3 is 1.64 bits per heavy atom. The van der Waals surface area contributed by atoms with E-state index in [1.165, 1.54) is 16.7 Å². The summed E-state index contributed by atoms with van der Waals surface area (Å²) in [5, 5.41) is 0. The lowest BCUT2D eigenvalue weighted by atomic mass is 10.1. The first-order chi connectivity index (χ1) is 5.22. The molecule has 0 N–H and O–H groups in total. The Kier molecular flexibility index (Phi) is 4.72. The topological polar surface area (TPSA) is 17.1 Å². The van der Waals surface area contributed by atoms with Gasteiger partial charge in [-0.1, -0.05) is 18.2 Å². The molecule has 0 heterocycles. The van der Waals surface area contributed by atoms with Crippen LogP contribution in [-0.2, 0) is 4.57 Å². The molecule has 0 fully saturated rings. The number of rotatable bonds is 0. The Balaban J connectivity index is 0.000000461. The van der Waals surface area contributed by atoms with Crippen LogP contribution in [0.3, 0.4) is 0 Å². The lowest BCUT2D eigenvalue weighted by molar-refractivity contribution is 0.607. The largest absolute Gasteiger partial charge is 0.279 e. The van der Waals surface area contributed by atoms with Crippen molar-refractivity contribution >= 4 is 9.12 Å². The molecule has 0 aliphatic rings. The molecule has 1 aromatic rings. The Labute approximate surface area is 70.1 Å². The molecule has 1 nitrogen and oxygen atoms in total. The highest BCUT2D eigenvalue weighted by atomic mass is 31.0. The van der Waals surface area contributed by atoms with Gasteiger partial charge in [-0.15, -0.1) is 0 Å². The molecule has 0 aliphatic heterocycles. The van der Waals surface area contributed by atoms with Crippen molar-refractivity contribution < 1.29 is 4.57 Å². The zero-order chi connectivity index (χ0) is 8.85. The quantitative estimate of drug-likeness (QED) is 0.544. The maximum atomic E-state index is 8.06. The molecule has 0 saturated carbocycles. The van der Waals surface area contributed by atoms with E-state index in [0.29, 0.717) is 0 Å². The molecule has 0 bridgehead atoms. The van der Waals surface area contributed by atoms with Crippen LogP contribution in [-0.4, -0.2) is 0 Å². The predicted octanol–water partition coefficient (Wildman–Crippen LogP) is 3.09. The second-order valence-corrected chi connectivity index (χ2v) is 2.52. The number of benzene rings is 1. The van der Waals surface area contributed by atoms with Gasteiger partial charge in [-0.25, -0.2) is 0 Å². The normalized spacial score (nSPS) is 8.27. The van der Waals surface area contributed by atoms with Crippen LogP contribution < -0.4 is 0 Å². The zero-order valence-corrected chi connectivity index (χ0v) is 8.14. The maximum Gasteiger partial charge on any atom is 0.138 e. The average Bonchev–Trinajstić information content (AvgIpc) is 2.04. The van der Waals surface area contributed by atoms with Gasteiger partial charge in [-0.05, 0) is 37.5 Å². The first-order valence-electron chi connectivity index (χ1n) is 3.45. The molecule has 1 rings (SSSR count). The van der Waals surface area contributed by atoms with Gasteiger partial charge in [0.25, 0.3) is 0 Å². The van der Waals surface area contributed by atoms with Crippen molar-refractivity contribution in [3.63, 3.8) is 0 Å². The molecule has 0 aliphatic carbocycles. The van der Waals surface area contributed by atoms with Gasteiger partial charge in [-0.3, -0.25) is 4.57 Å². The Morgan fingerprint density at radius 1 is 1.00 bits per heavy atom. The third-order valence-corrected chi connectivity index (χ3v) is 1.88. The van der Waals surface area contributed by atoms with E-state index in [-0.39, 0.29) is 0 Å². The summed E-state index contributed by atoms with van der Waals surface area (Å²) in [4.78, 5) is 0. The maximum absolute atomic E-state index is 8.06. The summed E-state index contributed by atoms with van der Waals surface area (Å²) in [6.45, 7) is 6.44. The molecule has 0 radical (unpaired) electrons. The van der Waals surface area contributed by atoms with E-state index in [2.05, 4.69) is 39.0 Å². The van der Waals surface area contributed by atoms with Crippen LogP contribution in [0.25, 0.3) is 0 Å². The van der Waals surface area contributed by atoms with Crippen molar-refractivity contribution in [3.8, 4) is 0 Å². The van der Waals surface area contributed by atoms with Crippen LogP contribution in [0.15, 0.2) is 18.2 Å². The number of hydrogen-bond donors (Lipinski definition) is 0. The Morgan fingerprint density at radius 2 is 1.36 bits per heavy atom. The van der Waals surface area contributed by atoms with Crippen LogP contribution in [0.1, 0.15) is 16.7 Å². The lowest BCUT2D eigenvalue weighted by Crippen LogP contribution is -1.82. The van der Waals surface area contributed by atoms with Crippen molar-refractivity contribution in [2.24, 2.45) is 0 Å². The van der Waals surface area contributed by atoms with Gasteiger partial charge in [0.05, 0.1) is 0 Å². The summed E-state index contributed by atoms with van der Waals surface area (Å²) in [5.41, 5.74) is 4.18. The van der Waals surface area contributed by atoms with Crippen molar-refractivity contribution in [1.82, 2.24) is 0 Å². The third kappa shape index (κ3) is 2.81. The lowest BCUT2D eigenvalue weighted by Gasteiger charge is -2.00. The first kappa shape index (κ1) is 10.3. The van der Waals surface area contributed by atoms with Gasteiger partial charge in [-0.2, -0.15) is 0 Å². The highest BCUT2D eigenvalue weighted by Crippen LogP contribution is 2.09. The third-order valence-electron chi connectivity index (χ3n) is 1.88. The minimum absolute atomic E-state index is 1.38. The molecule has 11 heavy (non-hydrogen) atoms. The fourth-order valence-corrected chi connectivity index (χ4v) is 0.898. The van der Waals surface area contributed by atoms with Gasteiger partial charge in [0.2, 0.25) is 0 Å². The fourth-order valence-electron chi connectivity index (χ4n) is 0.898. The molecule has 2 heteroatoms. The predicted molar refractivity (Wildman–Crippen MR) is 49.7 cm³/mol. The van der Waals surface area contributed by atoms with Crippen LogP contribution in [0.4, 0.5) is 0 Å². The number of hydrogen-bond acceptors (Lipinski definition) is 1. The molecular weight excluding hydrogens is 155 g/mol. The fraction of sp³-hybridized carbons (Fsp3) is 0.333. The summed E-state index contributed by atoms with van der Waals surface area (Å²) < 4.78 is 8.06. The van der Waals surface area contributed by atoms with Crippen LogP contribution in [0.5, 0.6) is 0 Å². The molecule has 0 unspecified atom stereocenters. The standard InChI is InChI=1S/C9H12.HOP/c1-7-5-4-6-8(2)9(7)3;1-2/h4-6H,1-3H3;2H. The van der Waals surface area contributed by atoms with E-state index in [0.717, 1.165) is 0 Å². The molecule has 60 valence electrons. The second kappa shape index (κ2) is 5.03. The summed E-state index contributed by atoms with van der Waals surface area (Å²) in [6, 6.07) is 6.38. The van der Waals surface area contributed by atoms with Gasteiger partial charge < -0.3 is 0 Å². The van der Waals surface area contributed by atoms with Crippen molar-refractivity contribution in [2.75, 3.05) is 0 Å². The van der Waals surface area contributed by atoms with Gasteiger partial charge in [0.1, 0.15) is 9.12 Å². The molecule has 0 aromatic heterocycles. The molecule has 0 atom stereocenters. The van der Waals surface area contributed by atoms with E-state index in [1.54, 1.807) is 9.12 Å². The molecule has 0 spiro atoms. The van der Waals surface area contributed by atoms with Crippen LogP contribution in [0, 0.1) is 20.8 Å². The van der Waals surface area contributed by atoms with E-state index in [1.807, 2.05) is 0 Å². The van der Waals surface area contributed by atoms with Crippen molar-refractivity contribution in [3.05, 3.63) is 34.9 Å². The molecular formula is C9H13OP.